The van der Waals surface area contributed by atoms with Gasteiger partial charge in [0.15, 0.2) is 0 Å². The third-order valence-corrected chi connectivity index (χ3v) is 2.63. The third-order valence-electron chi connectivity index (χ3n) is 2.63. The molecule has 0 saturated carbocycles. The summed E-state index contributed by atoms with van der Waals surface area (Å²) in [6, 6.07) is 16.7. The molecule has 0 amide bonds. The number of ether oxygens (including phenoxy) is 1. The molecule has 0 fully saturated rings. The SMILES string of the molecule is N#Cc1ccc(COc2cccc(C#CCO)c2)cc1. The van der Waals surface area contributed by atoms with Crippen LogP contribution in [-0.2, 0) is 6.61 Å². The van der Waals surface area contributed by atoms with Gasteiger partial charge in [0.2, 0.25) is 0 Å². The number of hydrogen-bond donors (Lipinski definition) is 1. The van der Waals surface area contributed by atoms with Gasteiger partial charge in [-0.25, -0.2) is 0 Å². The summed E-state index contributed by atoms with van der Waals surface area (Å²) < 4.78 is 5.67. The average Bonchev–Trinajstić information content (AvgIpc) is 2.52. The largest absolute Gasteiger partial charge is 0.489 e. The summed E-state index contributed by atoms with van der Waals surface area (Å²) in [7, 11) is 0. The van der Waals surface area contributed by atoms with E-state index in [1.54, 1.807) is 12.1 Å². The lowest BCUT2D eigenvalue weighted by Gasteiger charge is -2.06. The monoisotopic (exact) mass is 263 g/mol. The molecule has 3 nitrogen and oxygen atoms in total. The summed E-state index contributed by atoms with van der Waals surface area (Å²) in [4.78, 5) is 0. The van der Waals surface area contributed by atoms with Crippen molar-refractivity contribution in [3.8, 4) is 23.7 Å². The van der Waals surface area contributed by atoms with Gasteiger partial charge in [-0.1, -0.05) is 30.0 Å². The van der Waals surface area contributed by atoms with Crippen LogP contribution in [0.3, 0.4) is 0 Å². The second-order valence-electron chi connectivity index (χ2n) is 4.09. The van der Waals surface area contributed by atoms with E-state index in [2.05, 4.69) is 17.9 Å². The topological polar surface area (TPSA) is 53.2 Å². The maximum atomic E-state index is 8.73. The first kappa shape index (κ1) is 13.7. The first-order valence-electron chi connectivity index (χ1n) is 6.13. The van der Waals surface area contributed by atoms with Crippen molar-refractivity contribution >= 4 is 0 Å². The van der Waals surface area contributed by atoms with E-state index < -0.39 is 0 Å². The molecule has 20 heavy (non-hydrogen) atoms. The minimum absolute atomic E-state index is 0.156. The van der Waals surface area contributed by atoms with E-state index in [0.29, 0.717) is 12.2 Å². The number of aliphatic hydroxyl groups excluding tert-OH is 1. The minimum atomic E-state index is -0.156. The normalized spacial score (nSPS) is 9.20. The molecular formula is C17H13NO2. The first-order chi connectivity index (χ1) is 9.81. The molecule has 0 unspecified atom stereocenters. The van der Waals surface area contributed by atoms with Crippen molar-refractivity contribution < 1.29 is 9.84 Å². The smallest absolute Gasteiger partial charge is 0.121 e. The molecule has 2 rings (SSSR count). The Bertz CT molecular complexity index is 673. The van der Waals surface area contributed by atoms with Crippen LogP contribution in [0, 0.1) is 23.2 Å². The molecule has 2 aromatic rings. The Morgan fingerprint density at radius 2 is 1.85 bits per heavy atom. The van der Waals surface area contributed by atoms with Crippen molar-refractivity contribution in [2.45, 2.75) is 6.61 Å². The second-order valence-corrected chi connectivity index (χ2v) is 4.09. The fraction of sp³-hybridized carbons (Fsp3) is 0.118. The lowest BCUT2D eigenvalue weighted by molar-refractivity contribution is 0.306. The Labute approximate surface area is 118 Å². The quantitative estimate of drug-likeness (QED) is 0.865. The molecule has 0 bridgehead atoms. The van der Waals surface area contributed by atoms with E-state index >= 15 is 0 Å². The average molecular weight is 263 g/mol. The molecule has 0 heterocycles. The summed E-state index contributed by atoms with van der Waals surface area (Å²) in [5.41, 5.74) is 2.43. The minimum Gasteiger partial charge on any atom is -0.489 e. The molecule has 0 aliphatic heterocycles. The van der Waals surface area contributed by atoms with E-state index in [1.807, 2.05) is 36.4 Å². The van der Waals surface area contributed by atoms with E-state index in [-0.39, 0.29) is 6.61 Å². The highest BCUT2D eigenvalue weighted by atomic mass is 16.5. The molecule has 98 valence electrons. The molecule has 0 radical (unpaired) electrons. The van der Waals surface area contributed by atoms with Crippen molar-refractivity contribution in [2.75, 3.05) is 6.61 Å². The van der Waals surface area contributed by atoms with Crippen molar-refractivity contribution in [1.29, 1.82) is 5.26 Å². The van der Waals surface area contributed by atoms with Gasteiger partial charge >= 0.3 is 0 Å². The lowest BCUT2D eigenvalue weighted by atomic mass is 10.1. The van der Waals surface area contributed by atoms with Crippen LogP contribution >= 0.6 is 0 Å². The van der Waals surface area contributed by atoms with Crippen LogP contribution in [0.4, 0.5) is 0 Å². The van der Waals surface area contributed by atoms with Gasteiger partial charge in [0.1, 0.15) is 19.0 Å². The number of nitrogens with zero attached hydrogens (tertiary/aromatic N) is 1. The maximum Gasteiger partial charge on any atom is 0.121 e. The molecular weight excluding hydrogens is 250 g/mol. The van der Waals surface area contributed by atoms with Crippen LogP contribution in [0.1, 0.15) is 16.7 Å². The van der Waals surface area contributed by atoms with Crippen LogP contribution in [-0.4, -0.2) is 11.7 Å². The number of benzene rings is 2. The van der Waals surface area contributed by atoms with Gasteiger partial charge in [-0.2, -0.15) is 5.26 Å². The van der Waals surface area contributed by atoms with Crippen LogP contribution in [0.5, 0.6) is 5.75 Å². The van der Waals surface area contributed by atoms with E-state index in [1.165, 1.54) is 0 Å². The van der Waals surface area contributed by atoms with Crippen LogP contribution in [0.2, 0.25) is 0 Å². The zero-order valence-electron chi connectivity index (χ0n) is 10.8. The van der Waals surface area contributed by atoms with Crippen LogP contribution in [0.25, 0.3) is 0 Å². The first-order valence-corrected chi connectivity index (χ1v) is 6.13. The summed E-state index contributed by atoms with van der Waals surface area (Å²) in [6.45, 7) is 0.277. The van der Waals surface area contributed by atoms with Gasteiger partial charge in [-0.15, -0.1) is 0 Å². The molecule has 0 aromatic heterocycles. The van der Waals surface area contributed by atoms with Crippen molar-refractivity contribution in [3.05, 3.63) is 65.2 Å². The van der Waals surface area contributed by atoms with E-state index in [4.69, 9.17) is 15.1 Å². The molecule has 2 aromatic carbocycles. The van der Waals surface area contributed by atoms with Crippen LogP contribution in [0.15, 0.2) is 48.5 Å². The number of rotatable bonds is 3. The van der Waals surface area contributed by atoms with Gasteiger partial charge in [0, 0.05) is 5.56 Å². The number of aliphatic hydroxyl groups is 1. The Balaban J connectivity index is 2.01. The molecule has 0 atom stereocenters. The Kier molecular flexibility index (Phi) is 4.78. The van der Waals surface area contributed by atoms with Crippen molar-refractivity contribution in [3.63, 3.8) is 0 Å². The summed E-state index contributed by atoms with van der Waals surface area (Å²) in [6.07, 6.45) is 0. The lowest BCUT2D eigenvalue weighted by Crippen LogP contribution is -1.95. The highest BCUT2D eigenvalue weighted by Crippen LogP contribution is 2.15. The summed E-state index contributed by atoms with van der Waals surface area (Å²) in [5, 5.41) is 17.4. The van der Waals surface area contributed by atoms with Gasteiger partial charge in [-0.3, -0.25) is 0 Å². The molecule has 0 saturated heterocycles. The highest BCUT2D eigenvalue weighted by Gasteiger charge is 1.98. The standard InChI is InChI=1S/C17H13NO2/c18-12-15-6-8-16(9-7-15)13-20-17-5-1-3-14(11-17)4-2-10-19/h1,3,5-9,11,19H,10,13H2. The van der Waals surface area contributed by atoms with Gasteiger partial charge in [0.05, 0.1) is 11.6 Å². The van der Waals surface area contributed by atoms with Crippen molar-refractivity contribution in [1.82, 2.24) is 0 Å². The van der Waals surface area contributed by atoms with E-state index in [0.717, 1.165) is 16.9 Å². The zero-order chi connectivity index (χ0) is 14.2. The fourth-order valence-corrected chi connectivity index (χ4v) is 1.65. The Morgan fingerprint density at radius 1 is 1.05 bits per heavy atom. The Morgan fingerprint density at radius 3 is 2.55 bits per heavy atom. The molecule has 0 aliphatic rings. The van der Waals surface area contributed by atoms with Crippen molar-refractivity contribution in [2.24, 2.45) is 0 Å². The molecule has 0 aliphatic carbocycles. The van der Waals surface area contributed by atoms with Crippen LogP contribution < -0.4 is 4.74 Å². The van der Waals surface area contributed by atoms with Gasteiger partial charge < -0.3 is 9.84 Å². The van der Waals surface area contributed by atoms with Gasteiger partial charge in [0.25, 0.3) is 0 Å². The Hall–Kier alpha value is -2.75. The third kappa shape index (κ3) is 3.88. The maximum absolute atomic E-state index is 8.73. The predicted octanol–water partition coefficient (Wildman–Crippen LogP) is 2.48. The van der Waals surface area contributed by atoms with E-state index in [9.17, 15) is 0 Å². The zero-order valence-corrected chi connectivity index (χ0v) is 10.8. The predicted molar refractivity (Wildman–Crippen MR) is 75.9 cm³/mol. The number of nitriles is 1. The second kappa shape index (κ2) is 6.99. The molecule has 1 N–H and O–H groups in total. The fourth-order valence-electron chi connectivity index (χ4n) is 1.65. The molecule has 3 heteroatoms. The highest BCUT2D eigenvalue weighted by molar-refractivity contribution is 5.40. The van der Waals surface area contributed by atoms with Gasteiger partial charge in [-0.05, 0) is 35.9 Å². The molecule has 0 spiro atoms. The summed E-state index contributed by atoms with van der Waals surface area (Å²) in [5.74, 6) is 6.15. The number of hydrogen-bond acceptors (Lipinski definition) is 3. The summed E-state index contributed by atoms with van der Waals surface area (Å²) >= 11 is 0.